The summed E-state index contributed by atoms with van der Waals surface area (Å²) in [5, 5.41) is 0. The van der Waals surface area contributed by atoms with Crippen molar-refractivity contribution in [1.82, 2.24) is 0 Å². The molecule has 5 heteroatoms. The quantitative estimate of drug-likeness (QED) is 0.222. The zero-order valence-corrected chi connectivity index (χ0v) is 19.6. The first-order valence-corrected chi connectivity index (χ1v) is 12.5. The lowest BCUT2D eigenvalue weighted by atomic mass is 9.86. The Kier molecular flexibility index (Phi) is 7.67. The molecule has 0 radical (unpaired) electrons. The zero-order valence-electron chi connectivity index (χ0n) is 19.6. The van der Waals surface area contributed by atoms with Gasteiger partial charge < -0.3 is 9.47 Å². The summed E-state index contributed by atoms with van der Waals surface area (Å²) in [6.45, 7) is 4.21. The second-order valence-corrected chi connectivity index (χ2v) is 9.46. The molecule has 2 aliphatic rings. The van der Waals surface area contributed by atoms with Crippen LogP contribution in [-0.4, -0.2) is 12.6 Å². The summed E-state index contributed by atoms with van der Waals surface area (Å²) >= 11 is 0. The van der Waals surface area contributed by atoms with E-state index in [0.717, 1.165) is 25.2 Å². The minimum Gasteiger partial charge on any atom is -0.491 e. The summed E-state index contributed by atoms with van der Waals surface area (Å²) in [4.78, 5) is 12.9. The van der Waals surface area contributed by atoms with Gasteiger partial charge in [0, 0.05) is 5.56 Å². The van der Waals surface area contributed by atoms with Crippen LogP contribution in [0.1, 0.15) is 65.2 Å². The Morgan fingerprint density at radius 3 is 2.39 bits per heavy atom. The second-order valence-electron chi connectivity index (χ2n) is 9.46. The summed E-state index contributed by atoms with van der Waals surface area (Å²) in [5.41, 5.74) is 0.661. The predicted octanol–water partition coefficient (Wildman–Crippen LogP) is 7.57. The van der Waals surface area contributed by atoms with E-state index in [1.54, 1.807) is 31.2 Å². The number of rotatable bonds is 9. The molecule has 0 aliphatic heterocycles. The fourth-order valence-electron chi connectivity index (χ4n) is 5.94. The van der Waals surface area contributed by atoms with Gasteiger partial charge in [0.2, 0.25) is 5.82 Å². The van der Waals surface area contributed by atoms with Gasteiger partial charge in [0.15, 0.2) is 11.6 Å². The first-order valence-electron chi connectivity index (χ1n) is 12.5. The minimum absolute atomic E-state index is 0.0245. The van der Waals surface area contributed by atoms with Gasteiger partial charge in [-0.1, -0.05) is 44.7 Å². The Bertz CT molecular complexity index is 956. The summed E-state index contributed by atoms with van der Waals surface area (Å²) in [5.74, 6) is 0.107. The maximum Gasteiger partial charge on any atom is 0.314 e. The predicted molar refractivity (Wildman–Crippen MR) is 125 cm³/mol. The molecule has 0 spiro atoms. The molecule has 2 aromatic rings. The average Bonchev–Trinajstić information content (AvgIpc) is 3.41. The van der Waals surface area contributed by atoms with Crippen molar-refractivity contribution < 1.29 is 23.0 Å². The molecule has 33 heavy (non-hydrogen) atoms. The second kappa shape index (κ2) is 10.7. The van der Waals surface area contributed by atoms with E-state index in [0.29, 0.717) is 23.1 Å². The molecule has 0 bridgehead atoms. The maximum absolute atomic E-state index is 14.5. The highest BCUT2D eigenvalue weighted by atomic mass is 19.2. The number of benzene rings is 2. The lowest BCUT2D eigenvalue weighted by molar-refractivity contribution is -0.140. The Balaban J connectivity index is 1.38. The molecular formula is C28H34F2O3. The van der Waals surface area contributed by atoms with Crippen LogP contribution in [0, 0.1) is 35.3 Å². The molecule has 2 fully saturated rings. The van der Waals surface area contributed by atoms with Crippen molar-refractivity contribution in [1.29, 1.82) is 0 Å². The molecule has 178 valence electrons. The fraction of sp³-hybridized carbons (Fsp3) is 0.536. The van der Waals surface area contributed by atoms with E-state index in [1.165, 1.54) is 44.2 Å². The Morgan fingerprint density at radius 2 is 1.67 bits per heavy atom. The van der Waals surface area contributed by atoms with Crippen LogP contribution in [0.4, 0.5) is 8.78 Å². The van der Waals surface area contributed by atoms with Crippen LogP contribution in [0.15, 0.2) is 36.4 Å². The van der Waals surface area contributed by atoms with E-state index < -0.39 is 11.6 Å². The number of ether oxygens (including phenoxy) is 2. The third kappa shape index (κ3) is 5.07. The number of halogens is 2. The summed E-state index contributed by atoms with van der Waals surface area (Å²) in [6.07, 6.45) is 9.53. The normalized spacial score (nSPS) is 24.0. The molecular weight excluding hydrogens is 422 g/mol. The molecule has 0 heterocycles. The molecule has 2 aliphatic carbocycles. The van der Waals surface area contributed by atoms with E-state index in [2.05, 4.69) is 6.92 Å². The number of carbonyl (C=O) groups excluding carboxylic acids is 1. The standard InChI is InChI=1S/C28H34F2O3/c1-3-5-6-7-18-10-13-23-21(18)14-15-24(23)28(31)33-20-11-8-19(9-12-20)22-16-17-25(32-4-2)27(30)26(22)29/h8-9,11-12,16-18,21,23-24H,3-7,10,13-15H2,1-2H3. The van der Waals surface area contributed by atoms with Crippen LogP contribution < -0.4 is 9.47 Å². The molecule has 2 aromatic carbocycles. The summed E-state index contributed by atoms with van der Waals surface area (Å²) in [7, 11) is 0. The number of fused-ring (bicyclic) bond motifs is 1. The van der Waals surface area contributed by atoms with Gasteiger partial charge in [-0.15, -0.1) is 0 Å². The fourth-order valence-corrected chi connectivity index (χ4v) is 5.94. The highest BCUT2D eigenvalue weighted by molar-refractivity contribution is 5.76. The first-order chi connectivity index (χ1) is 16.0. The maximum atomic E-state index is 14.5. The van der Waals surface area contributed by atoms with Gasteiger partial charge in [0.1, 0.15) is 5.75 Å². The van der Waals surface area contributed by atoms with Gasteiger partial charge in [0.25, 0.3) is 0 Å². The molecule has 3 nitrogen and oxygen atoms in total. The van der Waals surface area contributed by atoms with Gasteiger partial charge in [-0.3, -0.25) is 4.79 Å². The van der Waals surface area contributed by atoms with Gasteiger partial charge >= 0.3 is 5.97 Å². The number of hydrogen-bond acceptors (Lipinski definition) is 3. The molecule has 4 atom stereocenters. The SMILES string of the molecule is CCCCCC1CCC2C(C(=O)Oc3ccc(-c4ccc(OCC)c(F)c4F)cc3)CCC12. The Labute approximate surface area is 195 Å². The average molecular weight is 457 g/mol. The number of carbonyl (C=O) groups is 1. The van der Waals surface area contributed by atoms with Crippen LogP contribution in [0.3, 0.4) is 0 Å². The molecule has 4 rings (SSSR count). The highest BCUT2D eigenvalue weighted by Gasteiger charge is 2.47. The summed E-state index contributed by atoms with van der Waals surface area (Å²) in [6, 6.07) is 9.53. The van der Waals surface area contributed by atoms with Crippen LogP contribution in [0.2, 0.25) is 0 Å². The number of esters is 1. The smallest absolute Gasteiger partial charge is 0.314 e. The number of hydrogen-bond donors (Lipinski definition) is 0. The Hall–Kier alpha value is -2.43. The van der Waals surface area contributed by atoms with Crippen molar-refractivity contribution in [3.8, 4) is 22.6 Å². The van der Waals surface area contributed by atoms with Crippen molar-refractivity contribution >= 4 is 5.97 Å². The third-order valence-corrected chi connectivity index (χ3v) is 7.57. The van der Waals surface area contributed by atoms with Crippen LogP contribution >= 0.6 is 0 Å². The largest absolute Gasteiger partial charge is 0.491 e. The van der Waals surface area contributed by atoms with Gasteiger partial charge in [-0.05, 0) is 80.2 Å². The van der Waals surface area contributed by atoms with E-state index in [4.69, 9.17) is 9.47 Å². The minimum atomic E-state index is -0.995. The van der Waals surface area contributed by atoms with E-state index in [9.17, 15) is 13.6 Å². The highest BCUT2D eigenvalue weighted by Crippen LogP contribution is 2.52. The van der Waals surface area contributed by atoms with Crippen molar-refractivity contribution in [3.05, 3.63) is 48.0 Å². The van der Waals surface area contributed by atoms with Crippen molar-refractivity contribution in [3.63, 3.8) is 0 Å². The van der Waals surface area contributed by atoms with Crippen LogP contribution in [0.25, 0.3) is 11.1 Å². The Morgan fingerprint density at radius 1 is 0.909 bits per heavy atom. The molecule has 4 unspecified atom stereocenters. The van der Waals surface area contributed by atoms with Crippen LogP contribution in [-0.2, 0) is 4.79 Å². The molecule has 2 saturated carbocycles. The molecule has 0 saturated heterocycles. The van der Waals surface area contributed by atoms with Gasteiger partial charge in [0.05, 0.1) is 12.5 Å². The van der Waals surface area contributed by atoms with E-state index in [1.807, 2.05) is 0 Å². The molecule has 0 N–H and O–H groups in total. The van der Waals surface area contributed by atoms with E-state index in [-0.39, 0.29) is 29.8 Å². The molecule has 0 aromatic heterocycles. The lowest BCUT2D eigenvalue weighted by Gasteiger charge is -2.20. The van der Waals surface area contributed by atoms with Gasteiger partial charge in [-0.2, -0.15) is 4.39 Å². The number of unbranched alkanes of at least 4 members (excludes halogenated alkanes) is 2. The van der Waals surface area contributed by atoms with Crippen molar-refractivity contribution in [2.24, 2.45) is 23.7 Å². The first kappa shape index (κ1) is 23.7. The monoisotopic (exact) mass is 456 g/mol. The van der Waals surface area contributed by atoms with Crippen molar-refractivity contribution in [2.45, 2.75) is 65.2 Å². The zero-order chi connectivity index (χ0) is 23.4. The van der Waals surface area contributed by atoms with Gasteiger partial charge in [-0.25, -0.2) is 4.39 Å². The topological polar surface area (TPSA) is 35.5 Å². The summed E-state index contributed by atoms with van der Waals surface area (Å²) < 4.78 is 39.5. The third-order valence-electron chi connectivity index (χ3n) is 7.57. The lowest BCUT2D eigenvalue weighted by Crippen LogP contribution is -2.25. The van der Waals surface area contributed by atoms with E-state index >= 15 is 0 Å². The van der Waals surface area contributed by atoms with Crippen LogP contribution in [0.5, 0.6) is 11.5 Å². The molecule has 0 amide bonds. The van der Waals surface area contributed by atoms with Crippen molar-refractivity contribution in [2.75, 3.05) is 6.61 Å².